The Bertz CT molecular complexity index is 597. The number of aryl methyl sites for hydroxylation is 1. The third-order valence-electron chi connectivity index (χ3n) is 4.23. The number of hydrogen-bond donors (Lipinski definition) is 0. The largest absolute Gasteiger partial charge is 0.298 e. The number of halogens is 1. The van der Waals surface area contributed by atoms with E-state index < -0.39 is 0 Å². The molecule has 110 valence electrons. The molecule has 2 aromatic rings. The molecule has 1 aliphatic rings. The Labute approximate surface area is 131 Å². The number of pyridine rings is 1. The van der Waals surface area contributed by atoms with Crippen LogP contribution in [0.3, 0.4) is 0 Å². The van der Waals surface area contributed by atoms with Crippen molar-refractivity contribution in [3.05, 3.63) is 64.4 Å². The van der Waals surface area contributed by atoms with Gasteiger partial charge in [0.1, 0.15) is 0 Å². The summed E-state index contributed by atoms with van der Waals surface area (Å²) in [5.74, 6) is 0.528. The van der Waals surface area contributed by atoms with Gasteiger partial charge in [0.05, 0.1) is 5.02 Å². The lowest BCUT2D eigenvalue weighted by molar-refractivity contribution is 0.198. The first kappa shape index (κ1) is 14.6. The van der Waals surface area contributed by atoms with E-state index in [-0.39, 0.29) is 0 Å². The van der Waals surface area contributed by atoms with Crippen LogP contribution in [0.1, 0.15) is 35.6 Å². The average molecular weight is 301 g/mol. The fraction of sp³-hybridized carbons (Fsp3) is 0.389. The molecule has 0 bridgehead atoms. The summed E-state index contributed by atoms with van der Waals surface area (Å²) in [6.07, 6.45) is 4.24. The molecule has 1 aliphatic heterocycles. The van der Waals surface area contributed by atoms with Crippen molar-refractivity contribution in [1.29, 1.82) is 0 Å². The minimum atomic E-state index is 0.528. The van der Waals surface area contributed by atoms with Crippen molar-refractivity contribution in [2.75, 3.05) is 13.1 Å². The molecule has 1 atom stereocenters. The molecule has 21 heavy (non-hydrogen) atoms. The van der Waals surface area contributed by atoms with E-state index >= 15 is 0 Å². The van der Waals surface area contributed by atoms with Gasteiger partial charge >= 0.3 is 0 Å². The SMILES string of the molecule is Cc1cc(Cl)cnc1C1CCCN(Cc2ccccc2)C1. The summed E-state index contributed by atoms with van der Waals surface area (Å²) in [7, 11) is 0. The predicted molar refractivity (Wildman–Crippen MR) is 87.7 cm³/mol. The maximum Gasteiger partial charge on any atom is 0.0592 e. The summed E-state index contributed by atoms with van der Waals surface area (Å²) in [5.41, 5.74) is 3.82. The molecule has 1 aromatic heterocycles. The molecule has 2 nitrogen and oxygen atoms in total. The Kier molecular flexibility index (Phi) is 4.57. The first-order valence-corrected chi connectivity index (χ1v) is 7.98. The summed E-state index contributed by atoms with van der Waals surface area (Å²) in [6.45, 7) is 5.41. The Morgan fingerprint density at radius 1 is 1.29 bits per heavy atom. The zero-order chi connectivity index (χ0) is 14.7. The maximum atomic E-state index is 6.02. The lowest BCUT2D eigenvalue weighted by Crippen LogP contribution is -2.34. The van der Waals surface area contributed by atoms with Gasteiger partial charge in [-0.05, 0) is 43.5 Å². The number of rotatable bonds is 3. The highest BCUT2D eigenvalue weighted by molar-refractivity contribution is 6.30. The highest BCUT2D eigenvalue weighted by Crippen LogP contribution is 2.29. The van der Waals surface area contributed by atoms with Crippen molar-refractivity contribution in [1.82, 2.24) is 9.88 Å². The van der Waals surface area contributed by atoms with Gasteiger partial charge in [0.25, 0.3) is 0 Å². The topological polar surface area (TPSA) is 16.1 Å². The fourth-order valence-electron chi connectivity index (χ4n) is 3.24. The Balaban J connectivity index is 1.71. The standard InChI is InChI=1S/C18H21ClN2/c1-14-10-17(19)11-20-18(14)16-8-5-9-21(13-16)12-15-6-3-2-4-7-15/h2-4,6-7,10-11,16H,5,8-9,12-13H2,1H3. The molecule has 3 heteroatoms. The number of benzene rings is 1. The van der Waals surface area contributed by atoms with Crippen molar-refractivity contribution >= 4 is 11.6 Å². The quantitative estimate of drug-likeness (QED) is 0.834. The maximum absolute atomic E-state index is 6.02. The second kappa shape index (κ2) is 6.59. The van der Waals surface area contributed by atoms with Crippen LogP contribution in [0.5, 0.6) is 0 Å². The third kappa shape index (κ3) is 3.63. The van der Waals surface area contributed by atoms with Crippen LogP contribution in [0, 0.1) is 6.92 Å². The highest BCUT2D eigenvalue weighted by Gasteiger charge is 2.23. The number of hydrogen-bond acceptors (Lipinski definition) is 2. The zero-order valence-electron chi connectivity index (χ0n) is 12.4. The molecule has 0 aliphatic carbocycles. The molecule has 1 fully saturated rings. The lowest BCUT2D eigenvalue weighted by atomic mass is 9.91. The van der Waals surface area contributed by atoms with Crippen LogP contribution in [-0.2, 0) is 6.54 Å². The lowest BCUT2D eigenvalue weighted by Gasteiger charge is -2.33. The monoisotopic (exact) mass is 300 g/mol. The van der Waals surface area contributed by atoms with E-state index in [1.54, 1.807) is 6.20 Å². The van der Waals surface area contributed by atoms with Crippen LogP contribution >= 0.6 is 11.6 Å². The van der Waals surface area contributed by atoms with Gasteiger partial charge in [-0.1, -0.05) is 41.9 Å². The molecule has 1 aromatic carbocycles. The van der Waals surface area contributed by atoms with E-state index in [0.29, 0.717) is 5.92 Å². The van der Waals surface area contributed by atoms with Crippen molar-refractivity contribution in [2.24, 2.45) is 0 Å². The fourth-order valence-corrected chi connectivity index (χ4v) is 3.45. The molecular formula is C18H21ClN2. The van der Waals surface area contributed by atoms with E-state index in [1.165, 1.54) is 36.2 Å². The van der Waals surface area contributed by atoms with Crippen molar-refractivity contribution in [3.63, 3.8) is 0 Å². The van der Waals surface area contributed by atoms with Crippen LogP contribution < -0.4 is 0 Å². The van der Waals surface area contributed by atoms with Crippen molar-refractivity contribution < 1.29 is 0 Å². The summed E-state index contributed by atoms with van der Waals surface area (Å²) in [5, 5.41) is 0.730. The van der Waals surface area contributed by atoms with E-state index in [2.05, 4.69) is 47.1 Å². The number of aromatic nitrogens is 1. The molecule has 0 N–H and O–H groups in total. The van der Waals surface area contributed by atoms with Crippen molar-refractivity contribution in [2.45, 2.75) is 32.2 Å². The van der Waals surface area contributed by atoms with Crippen LogP contribution in [0.25, 0.3) is 0 Å². The summed E-state index contributed by atoms with van der Waals surface area (Å²) in [6, 6.07) is 12.7. The van der Waals surface area contributed by atoms with E-state index in [0.717, 1.165) is 18.1 Å². The molecule has 3 rings (SSSR count). The van der Waals surface area contributed by atoms with Crippen LogP contribution in [0.15, 0.2) is 42.6 Å². The predicted octanol–water partition coefficient (Wildman–Crippen LogP) is 4.42. The second-order valence-electron chi connectivity index (χ2n) is 5.92. The van der Waals surface area contributed by atoms with Gasteiger partial charge in [0, 0.05) is 30.9 Å². The Hall–Kier alpha value is -1.38. The van der Waals surface area contributed by atoms with E-state index in [1.807, 2.05) is 6.07 Å². The second-order valence-corrected chi connectivity index (χ2v) is 6.35. The highest BCUT2D eigenvalue weighted by atomic mass is 35.5. The zero-order valence-corrected chi connectivity index (χ0v) is 13.2. The molecule has 0 saturated carbocycles. The van der Waals surface area contributed by atoms with Gasteiger partial charge in [0.2, 0.25) is 0 Å². The molecule has 0 spiro atoms. The molecule has 1 saturated heterocycles. The Morgan fingerprint density at radius 2 is 2.10 bits per heavy atom. The number of likely N-dealkylation sites (tertiary alicyclic amines) is 1. The van der Waals surface area contributed by atoms with Gasteiger partial charge in [-0.2, -0.15) is 0 Å². The summed E-state index contributed by atoms with van der Waals surface area (Å²) < 4.78 is 0. The first-order valence-electron chi connectivity index (χ1n) is 7.60. The number of piperidine rings is 1. The minimum Gasteiger partial charge on any atom is -0.298 e. The van der Waals surface area contributed by atoms with Crippen LogP contribution in [0.2, 0.25) is 5.02 Å². The van der Waals surface area contributed by atoms with Crippen molar-refractivity contribution in [3.8, 4) is 0 Å². The van der Waals surface area contributed by atoms with Gasteiger partial charge < -0.3 is 0 Å². The summed E-state index contributed by atoms with van der Waals surface area (Å²) in [4.78, 5) is 7.13. The molecular weight excluding hydrogens is 280 g/mol. The van der Waals surface area contributed by atoms with Crippen LogP contribution in [-0.4, -0.2) is 23.0 Å². The number of nitrogens with zero attached hydrogens (tertiary/aromatic N) is 2. The normalized spacial score (nSPS) is 19.6. The van der Waals surface area contributed by atoms with E-state index in [4.69, 9.17) is 11.6 Å². The van der Waals surface area contributed by atoms with E-state index in [9.17, 15) is 0 Å². The molecule has 0 radical (unpaired) electrons. The van der Waals surface area contributed by atoms with Gasteiger partial charge in [-0.15, -0.1) is 0 Å². The smallest absolute Gasteiger partial charge is 0.0592 e. The Morgan fingerprint density at radius 3 is 2.86 bits per heavy atom. The van der Waals surface area contributed by atoms with Gasteiger partial charge in [-0.25, -0.2) is 0 Å². The first-order chi connectivity index (χ1) is 10.2. The van der Waals surface area contributed by atoms with Gasteiger partial charge in [-0.3, -0.25) is 9.88 Å². The molecule has 1 unspecified atom stereocenters. The average Bonchev–Trinajstić information content (AvgIpc) is 2.48. The summed E-state index contributed by atoms with van der Waals surface area (Å²) >= 11 is 6.02. The van der Waals surface area contributed by atoms with Crippen LogP contribution in [0.4, 0.5) is 0 Å². The molecule has 0 amide bonds. The molecule has 2 heterocycles. The van der Waals surface area contributed by atoms with Gasteiger partial charge in [0.15, 0.2) is 0 Å². The minimum absolute atomic E-state index is 0.528. The third-order valence-corrected chi connectivity index (χ3v) is 4.43.